The predicted octanol–water partition coefficient (Wildman–Crippen LogP) is 0.831. The first-order valence-electron chi connectivity index (χ1n) is 2.99. The van der Waals surface area contributed by atoms with Crippen LogP contribution in [0.3, 0.4) is 0 Å². The molecule has 0 radical (unpaired) electrons. The highest BCUT2D eigenvalue weighted by Crippen LogP contribution is 2.10. The molecule has 0 spiro atoms. The molecule has 0 atom stereocenters. The van der Waals surface area contributed by atoms with Crippen LogP contribution in [0.1, 0.15) is 20.8 Å². The molecule has 0 saturated heterocycles. The van der Waals surface area contributed by atoms with Gasteiger partial charge in [-0.2, -0.15) is 12.6 Å². The summed E-state index contributed by atoms with van der Waals surface area (Å²) in [5.74, 6) is -0.0201. The average Bonchev–Trinajstić information content (AvgIpc) is 1.64. The van der Waals surface area contributed by atoms with Crippen LogP contribution in [0.2, 0.25) is 0 Å². The van der Waals surface area contributed by atoms with Crippen LogP contribution in [0, 0.1) is 0 Å². The van der Waals surface area contributed by atoms with Crippen LogP contribution in [0.4, 0.5) is 0 Å². The lowest BCUT2D eigenvalue weighted by Gasteiger charge is -2.15. The number of nitrogens with one attached hydrogen (secondary N) is 1. The molecule has 54 valence electrons. The summed E-state index contributed by atoms with van der Waals surface area (Å²) in [7, 11) is 0. The van der Waals surface area contributed by atoms with E-state index in [-0.39, 0.29) is 5.91 Å². The van der Waals surface area contributed by atoms with Gasteiger partial charge in [0.2, 0.25) is 5.91 Å². The molecule has 3 heteroatoms. The summed E-state index contributed by atoms with van der Waals surface area (Å²) in [6.45, 7) is 6.09. The fourth-order valence-electron chi connectivity index (χ4n) is 0.377. The van der Waals surface area contributed by atoms with Crippen molar-refractivity contribution >= 4 is 18.5 Å². The standard InChI is InChI=1S/C6H13NOS/c1-4-7-5(8)6(2,3)9/h9H,4H2,1-3H3,(H,7,8). The van der Waals surface area contributed by atoms with E-state index in [1.165, 1.54) is 0 Å². The van der Waals surface area contributed by atoms with Gasteiger partial charge in [-0.1, -0.05) is 0 Å². The molecular formula is C6H13NOS. The molecule has 0 aliphatic rings. The van der Waals surface area contributed by atoms with Crippen molar-refractivity contribution in [1.29, 1.82) is 0 Å². The first kappa shape index (κ1) is 8.82. The van der Waals surface area contributed by atoms with Gasteiger partial charge >= 0.3 is 0 Å². The minimum atomic E-state index is -0.546. The van der Waals surface area contributed by atoms with Crippen LogP contribution >= 0.6 is 12.6 Å². The van der Waals surface area contributed by atoms with E-state index in [1.54, 1.807) is 13.8 Å². The molecule has 0 aromatic heterocycles. The Bertz CT molecular complexity index is 106. The molecule has 0 heterocycles. The highest BCUT2D eigenvalue weighted by molar-refractivity contribution is 7.82. The van der Waals surface area contributed by atoms with E-state index in [4.69, 9.17) is 0 Å². The Kier molecular flexibility index (Phi) is 3.04. The van der Waals surface area contributed by atoms with Gasteiger partial charge in [0, 0.05) is 6.54 Å². The molecule has 0 bridgehead atoms. The van der Waals surface area contributed by atoms with E-state index < -0.39 is 4.75 Å². The smallest absolute Gasteiger partial charge is 0.235 e. The van der Waals surface area contributed by atoms with E-state index in [0.29, 0.717) is 6.54 Å². The van der Waals surface area contributed by atoms with Gasteiger partial charge in [0.25, 0.3) is 0 Å². The quantitative estimate of drug-likeness (QED) is 0.557. The summed E-state index contributed by atoms with van der Waals surface area (Å²) in [5.41, 5.74) is 0. The van der Waals surface area contributed by atoms with Crippen molar-refractivity contribution in [2.45, 2.75) is 25.5 Å². The Morgan fingerprint density at radius 3 is 2.22 bits per heavy atom. The van der Waals surface area contributed by atoms with Gasteiger partial charge in [0.15, 0.2) is 0 Å². The van der Waals surface area contributed by atoms with Crippen LogP contribution in [0.15, 0.2) is 0 Å². The molecule has 0 aliphatic heterocycles. The third-order valence-corrected chi connectivity index (χ3v) is 1.10. The van der Waals surface area contributed by atoms with Crippen molar-refractivity contribution in [1.82, 2.24) is 5.32 Å². The lowest BCUT2D eigenvalue weighted by molar-refractivity contribution is -0.122. The maximum absolute atomic E-state index is 10.9. The van der Waals surface area contributed by atoms with Gasteiger partial charge in [0.1, 0.15) is 0 Å². The van der Waals surface area contributed by atoms with Crippen LogP contribution in [0.25, 0.3) is 0 Å². The Balaban J connectivity index is 3.74. The molecule has 0 saturated carbocycles. The van der Waals surface area contributed by atoms with E-state index in [0.717, 1.165) is 0 Å². The molecule has 0 rings (SSSR count). The summed E-state index contributed by atoms with van der Waals surface area (Å²) in [4.78, 5) is 10.9. The molecule has 0 aromatic rings. The van der Waals surface area contributed by atoms with Crippen molar-refractivity contribution in [3.8, 4) is 0 Å². The minimum absolute atomic E-state index is 0.0201. The van der Waals surface area contributed by atoms with Gasteiger partial charge in [-0.3, -0.25) is 4.79 Å². The van der Waals surface area contributed by atoms with Gasteiger partial charge < -0.3 is 5.32 Å². The first-order chi connectivity index (χ1) is 3.98. The van der Waals surface area contributed by atoms with Crippen LogP contribution in [-0.4, -0.2) is 17.2 Å². The van der Waals surface area contributed by atoms with Gasteiger partial charge in [-0.25, -0.2) is 0 Å². The molecule has 1 N–H and O–H groups in total. The normalized spacial score (nSPS) is 11.1. The molecule has 0 unspecified atom stereocenters. The fraction of sp³-hybridized carbons (Fsp3) is 0.833. The average molecular weight is 147 g/mol. The second kappa shape index (κ2) is 3.11. The highest BCUT2D eigenvalue weighted by Gasteiger charge is 2.20. The summed E-state index contributed by atoms with van der Waals surface area (Å²) < 4.78 is -0.546. The Hall–Kier alpha value is -0.180. The molecule has 0 fully saturated rings. The zero-order chi connectivity index (χ0) is 7.49. The largest absolute Gasteiger partial charge is 0.355 e. The Labute approximate surface area is 61.4 Å². The van der Waals surface area contributed by atoms with Gasteiger partial charge in [-0.05, 0) is 20.8 Å². The van der Waals surface area contributed by atoms with Crippen LogP contribution in [0.5, 0.6) is 0 Å². The zero-order valence-electron chi connectivity index (χ0n) is 6.06. The van der Waals surface area contributed by atoms with Crippen molar-refractivity contribution in [3.05, 3.63) is 0 Å². The van der Waals surface area contributed by atoms with E-state index in [1.807, 2.05) is 6.92 Å². The number of amides is 1. The van der Waals surface area contributed by atoms with Gasteiger partial charge in [-0.15, -0.1) is 0 Å². The third kappa shape index (κ3) is 3.40. The molecule has 1 amide bonds. The van der Waals surface area contributed by atoms with Crippen molar-refractivity contribution in [3.63, 3.8) is 0 Å². The monoisotopic (exact) mass is 147 g/mol. The Morgan fingerprint density at radius 2 is 2.11 bits per heavy atom. The van der Waals surface area contributed by atoms with Crippen molar-refractivity contribution in [2.24, 2.45) is 0 Å². The summed E-state index contributed by atoms with van der Waals surface area (Å²) >= 11 is 4.07. The summed E-state index contributed by atoms with van der Waals surface area (Å²) in [5, 5.41) is 2.67. The highest BCUT2D eigenvalue weighted by atomic mass is 32.1. The Morgan fingerprint density at radius 1 is 1.67 bits per heavy atom. The molecule has 2 nitrogen and oxygen atoms in total. The second-order valence-electron chi connectivity index (χ2n) is 2.42. The molecule has 9 heavy (non-hydrogen) atoms. The summed E-state index contributed by atoms with van der Waals surface area (Å²) in [6.07, 6.45) is 0. The van der Waals surface area contributed by atoms with E-state index in [2.05, 4.69) is 17.9 Å². The topological polar surface area (TPSA) is 29.1 Å². The van der Waals surface area contributed by atoms with Crippen molar-refractivity contribution in [2.75, 3.05) is 6.54 Å². The van der Waals surface area contributed by atoms with Crippen molar-refractivity contribution < 1.29 is 4.79 Å². The zero-order valence-corrected chi connectivity index (χ0v) is 6.96. The van der Waals surface area contributed by atoms with E-state index in [9.17, 15) is 4.79 Å². The maximum atomic E-state index is 10.9. The van der Waals surface area contributed by atoms with Crippen LogP contribution in [-0.2, 0) is 4.79 Å². The molecule has 0 aromatic carbocycles. The molecular weight excluding hydrogens is 134 g/mol. The van der Waals surface area contributed by atoms with Gasteiger partial charge in [0.05, 0.1) is 4.75 Å². The number of carbonyl (C=O) groups excluding carboxylic acids is 1. The minimum Gasteiger partial charge on any atom is -0.355 e. The maximum Gasteiger partial charge on any atom is 0.235 e. The SMILES string of the molecule is CCNC(=O)C(C)(C)S. The number of hydrogen-bond donors (Lipinski definition) is 2. The fourth-order valence-corrected chi connectivity index (χ4v) is 0.456. The number of rotatable bonds is 2. The number of carbonyl (C=O) groups is 1. The first-order valence-corrected chi connectivity index (χ1v) is 3.44. The molecule has 0 aliphatic carbocycles. The van der Waals surface area contributed by atoms with Crippen LogP contribution < -0.4 is 5.32 Å². The number of thiol groups is 1. The lowest BCUT2D eigenvalue weighted by atomic mass is 10.2. The second-order valence-corrected chi connectivity index (χ2v) is 3.54. The van der Waals surface area contributed by atoms with E-state index >= 15 is 0 Å². The predicted molar refractivity (Wildman–Crippen MR) is 41.7 cm³/mol. The third-order valence-electron chi connectivity index (χ3n) is 0.893. The lowest BCUT2D eigenvalue weighted by Crippen LogP contribution is -2.37. The number of hydrogen-bond acceptors (Lipinski definition) is 2. The summed E-state index contributed by atoms with van der Waals surface area (Å²) in [6, 6.07) is 0.